The molecule has 4 nitrogen and oxygen atoms in total. The molecule has 110 valence electrons. The third-order valence-electron chi connectivity index (χ3n) is 5.49. The quantitative estimate of drug-likeness (QED) is 0.895. The first-order valence-electron chi connectivity index (χ1n) is 7.24. The van der Waals surface area contributed by atoms with Crippen LogP contribution < -0.4 is 5.32 Å². The molecule has 2 fully saturated rings. The molecule has 2 aliphatic rings. The maximum Gasteiger partial charge on any atom is 0.365 e. The van der Waals surface area contributed by atoms with Crippen LogP contribution in [0.15, 0.2) is 5.38 Å². The molecule has 1 heterocycles. The third-order valence-corrected chi connectivity index (χ3v) is 6.37. The number of thiazole rings is 1. The van der Waals surface area contributed by atoms with Crippen LogP contribution in [0, 0.1) is 16.7 Å². The molecule has 3 rings (SSSR count). The summed E-state index contributed by atoms with van der Waals surface area (Å²) >= 11 is 1.20. The van der Waals surface area contributed by atoms with Gasteiger partial charge in [0.15, 0.2) is 0 Å². The van der Waals surface area contributed by atoms with Gasteiger partial charge in [0.25, 0.3) is 0 Å². The number of aromatic nitrogens is 1. The number of hydrogen-bond donors (Lipinski definition) is 2. The van der Waals surface area contributed by atoms with Crippen LogP contribution in [0.3, 0.4) is 0 Å². The van der Waals surface area contributed by atoms with Crippen molar-refractivity contribution in [2.24, 2.45) is 16.7 Å². The molecule has 2 saturated carbocycles. The Morgan fingerprint density at radius 2 is 2.30 bits per heavy atom. The molecule has 1 aromatic rings. The highest BCUT2D eigenvalue weighted by molar-refractivity contribution is 7.11. The minimum atomic E-state index is -0.937. The monoisotopic (exact) mass is 294 g/mol. The second-order valence-electron chi connectivity index (χ2n) is 7.18. The molecule has 1 aromatic heterocycles. The molecule has 2 N–H and O–H groups in total. The van der Waals surface area contributed by atoms with Gasteiger partial charge in [0.05, 0.1) is 5.69 Å². The number of aromatic carboxylic acids is 1. The Kier molecular flexibility index (Phi) is 3.18. The SMILES string of the molecule is CC12CCC(C1)C(C)(C)C2NCc1csc(C(=O)O)n1. The van der Waals surface area contributed by atoms with Crippen molar-refractivity contribution in [2.75, 3.05) is 0 Å². The lowest BCUT2D eigenvalue weighted by Crippen LogP contribution is -2.49. The van der Waals surface area contributed by atoms with Gasteiger partial charge in [0, 0.05) is 18.0 Å². The van der Waals surface area contributed by atoms with E-state index < -0.39 is 5.97 Å². The molecule has 0 amide bonds. The summed E-state index contributed by atoms with van der Waals surface area (Å²) < 4.78 is 0. The minimum absolute atomic E-state index is 0.181. The van der Waals surface area contributed by atoms with Gasteiger partial charge >= 0.3 is 5.97 Å². The van der Waals surface area contributed by atoms with Crippen molar-refractivity contribution in [3.63, 3.8) is 0 Å². The zero-order chi connectivity index (χ0) is 14.5. The second-order valence-corrected chi connectivity index (χ2v) is 8.04. The third kappa shape index (κ3) is 2.07. The molecule has 0 aromatic carbocycles. The number of nitrogens with one attached hydrogen (secondary N) is 1. The van der Waals surface area contributed by atoms with Gasteiger partial charge < -0.3 is 10.4 Å². The fraction of sp³-hybridized carbons (Fsp3) is 0.733. The molecule has 0 aliphatic heterocycles. The standard InChI is InChI=1S/C15H22N2O2S/c1-14(2)9-4-5-15(3,6-9)13(14)16-7-10-8-20-11(17-10)12(18)19/h8-9,13,16H,4-7H2,1-3H3,(H,18,19). The number of carboxylic acid groups (broad SMARTS) is 1. The minimum Gasteiger partial charge on any atom is -0.476 e. The van der Waals surface area contributed by atoms with Crippen molar-refractivity contribution in [2.45, 2.75) is 52.6 Å². The Balaban J connectivity index is 1.70. The maximum atomic E-state index is 10.9. The zero-order valence-electron chi connectivity index (χ0n) is 12.3. The first-order valence-corrected chi connectivity index (χ1v) is 8.12. The van der Waals surface area contributed by atoms with E-state index in [2.05, 4.69) is 31.1 Å². The topological polar surface area (TPSA) is 62.2 Å². The number of hydrogen-bond acceptors (Lipinski definition) is 4. The van der Waals surface area contributed by atoms with E-state index in [0.717, 1.165) is 11.6 Å². The molecule has 3 atom stereocenters. The van der Waals surface area contributed by atoms with Crippen LogP contribution in [0.5, 0.6) is 0 Å². The molecular weight excluding hydrogens is 272 g/mol. The van der Waals surface area contributed by atoms with Crippen molar-refractivity contribution in [3.8, 4) is 0 Å². The Labute approximate surface area is 123 Å². The number of nitrogens with zero attached hydrogens (tertiary/aromatic N) is 1. The molecule has 0 saturated heterocycles. The summed E-state index contributed by atoms with van der Waals surface area (Å²) in [4.78, 5) is 15.0. The summed E-state index contributed by atoms with van der Waals surface area (Å²) in [6, 6.07) is 0.490. The smallest absolute Gasteiger partial charge is 0.365 e. The number of fused-ring (bicyclic) bond motifs is 2. The normalized spacial score (nSPS) is 34.5. The number of carboxylic acids is 1. The van der Waals surface area contributed by atoms with Crippen molar-refractivity contribution in [3.05, 3.63) is 16.1 Å². The molecule has 5 heteroatoms. The van der Waals surface area contributed by atoms with E-state index >= 15 is 0 Å². The molecule has 2 bridgehead atoms. The Bertz CT molecular complexity index is 535. The number of carbonyl (C=O) groups is 1. The maximum absolute atomic E-state index is 10.9. The fourth-order valence-electron chi connectivity index (χ4n) is 4.50. The van der Waals surface area contributed by atoms with Crippen molar-refractivity contribution in [1.82, 2.24) is 10.3 Å². The summed E-state index contributed by atoms with van der Waals surface area (Å²) in [5.74, 6) is -0.122. The molecule has 3 unspecified atom stereocenters. The largest absolute Gasteiger partial charge is 0.476 e. The molecule has 0 spiro atoms. The Morgan fingerprint density at radius 1 is 1.55 bits per heavy atom. The second kappa shape index (κ2) is 4.53. The average molecular weight is 294 g/mol. The van der Waals surface area contributed by atoms with Crippen LogP contribution in [-0.4, -0.2) is 22.1 Å². The van der Waals surface area contributed by atoms with Gasteiger partial charge in [0.2, 0.25) is 5.01 Å². The van der Waals surface area contributed by atoms with Gasteiger partial charge in [-0.1, -0.05) is 20.8 Å². The Morgan fingerprint density at radius 3 is 2.85 bits per heavy atom. The average Bonchev–Trinajstić information content (AvgIpc) is 2.99. The first kappa shape index (κ1) is 14.0. The predicted molar refractivity (Wildman–Crippen MR) is 78.9 cm³/mol. The fourth-order valence-corrected chi connectivity index (χ4v) is 5.16. The van der Waals surface area contributed by atoms with E-state index in [9.17, 15) is 4.79 Å². The zero-order valence-corrected chi connectivity index (χ0v) is 13.1. The summed E-state index contributed by atoms with van der Waals surface area (Å²) in [6.45, 7) is 7.79. The molecule has 20 heavy (non-hydrogen) atoms. The van der Waals surface area contributed by atoms with E-state index in [4.69, 9.17) is 5.11 Å². The highest BCUT2D eigenvalue weighted by Crippen LogP contribution is 2.62. The predicted octanol–water partition coefficient (Wildman–Crippen LogP) is 3.15. The van der Waals surface area contributed by atoms with E-state index in [1.807, 2.05) is 5.38 Å². The van der Waals surface area contributed by atoms with Gasteiger partial charge in [-0.25, -0.2) is 9.78 Å². The van der Waals surface area contributed by atoms with E-state index in [0.29, 0.717) is 23.4 Å². The van der Waals surface area contributed by atoms with Gasteiger partial charge in [0.1, 0.15) is 0 Å². The van der Waals surface area contributed by atoms with Gasteiger partial charge in [-0.05, 0) is 36.0 Å². The molecular formula is C15H22N2O2S. The van der Waals surface area contributed by atoms with Crippen LogP contribution in [0.4, 0.5) is 0 Å². The van der Waals surface area contributed by atoms with E-state index in [1.54, 1.807) is 0 Å². The van der Waals surface area contributed by atoms with Crippen LogP contribution >= 0.6 is 11.3 Å². The van der Waals surface area contributed by atoms with E-state index in [-0.39, 0.29) is 5.01 Å². The van der Waals surface area contributed by atoms with Crippen LogP contribution in [-0.2, 0) is 6.54 Å². The first-order chi connectivity index (χ1) is 9.33. The van der Waals surface area contributed by atoms with Gasteiger partial charge in [-0.15, -0.1) is 11.3 Å². The van der Waals surface area contributed by atoms with Gasteiger partial charge in [-0.2, -0.15) is 0 Å². The summed E-state index contributed by atoms with van der Waals surface area (Å²) in [5.41, 5.74) is 1.55. The van der Waals surface area contributed by atoms with Gasteiger partial charge in [-0.3, -0.25) is 0 Å². The molecule has 2 aliphatic carbocycles. The van der Waals surface area contributed by atoms with Crippen molar-refractivity contribution in [1.29, 1.82) is 0 Å². The summed E-state index contributed by atoms with van der Waals surface area (Å²) in [6.07, 6.45) is 3.97. The summed E-state index contributed by atoms with van der Waals surface area (Å²) in [7, 11) is 0. The highest BCUT2D eigenvalue weighted by atomic mass is 32.1. The lowest BCUT2D eigenvalue weighted by atomic mass is 9.68. The summed E-state index contributed by atoms with van der Waals surface area (Å²) in [5, 5.41) is 14.6. The Hall–Kier alpha value is -0.940. The van der Waals surface area contributed by atoms with Crippen LogP contribution in [0.2, 0.25) is 0 Å². The van der Waals surface area contributed by atoms with Crippen molar-refractivity contribution < 1.29 is 9.90 Å². The van der Waals surface area contributed by atoms with E-state index in [1.165, 1.54) is 30.6 Å². The number of rotatable bonds is 4. The van der Waals surface area contributed by atoms with Crippen molar-refractivity contribution >= 4 is 17.3 Å². The molecule has 0 radical (unpaired) electrons. The lowest BCUT2D eigenvalue weighted by molar-refractivity contribution is 0.0696. The van der Waals surface area contributed by atoms with Crippen LogP contribution in [0.25, 0.3) is 0 Å². The van der Waals surface area contributed by atoms with Crippen LogP contribution in [0.1, 0.15) is 55.5 Å². The lowest BCUT2D eigenvalue weighted by Gasteiger charge is -2.43. The highest BCUT2D eigenvalue weighted by Gasteiger charge is 2.58.